The monoisotopic (exact) mass is 1080 g/mol. The molecule has 0 spiro atoms. The number of rotatable bonds is 23. The number of unbranched alkanes of at least 4 members (excludes halogenated alkanes) is 6. The molecule has 0 saturated carbocycles. The topological polar surface area (TPSA) is 175 Å². The first kappa shape index (κ1) is 54.6. The number of benzene rings is 7. The summed E-state index contributed by atoms with van der Waals surface area (Å²) in [6.07, 6.45) is 13.0. The van der Waals surface area contributed by atoms with Crippen LogP contribution in [0.2, 0.25) is 10.0 Å². The predicted molar refractivity (Wildman–Crippen MR) is 324 cm³/mol. The van der Waals surface area contributed by atoms with Gasteiger partial charge in [0.25, 0.3) is 11.8 Å². The number of aryl methyl sites for hydroxylation is 1. The molecule has 0 radical (unpaired) electrons. The zero-order valence-electron chi connectivity index (χ0n) is 44.3. The maximum absolute atomic E-state index is 13.0. The third kappa shape index (κ3) is 14.0. The number of halogens is 2. The Labute approximate surface area is 467 Å². The first-order valence-corrected chi connectivity index (χ1v) is 27.7. The van der Waals surface area contributed by atoms with E-state index in [9.17, 15) is 9.59 Å². The van der Waals surface area contributed by atoms with Gasteiger partial charge in [0.15, 0.2) is 0 Å². The number of carbonyl (C=O) groups excluding carboxylic acids is 2. The van der Waals surface area contributed by atoms with Crippen LogP contribution in [0.1, 0.15) is 91.0 Å². The lowest BCUT2D eigenvalue weighted by Crippen LogP contribution is -2.33. The number of aliphatic imine (C=N–C) groups is 1. The molecule has 1 aliphatic rings. The Morgan fingerprint density at radius 2 is 1.13 bits per heavy atom. The van der Waals surface area contributed by atoms with Gasteiger partial charge in [-0.3, -0.25) is 14.6 Å². The molecule has 1 aromatic heterocycles. The van der Waals surface area contributed by atoms with Gasteiger partial charge in [-0.1, -0.05) is 116 Å². The first-order chi connectivity index (χ1) is 38.0. The Balaban J connectivity index is 0.639. The van der Waals surface area contributed by atoms with E-state index in [1.807, 2.05) is 115 Å². The number of hydrogen-bond donors (Lipinski definition) is 7. The Morgan fingerprint density at radius 3 is 1.74 bits per heavy atom. The van der Waals surface area contributed by atoms with Crippen LogP contribution in [0.15, 0.2) is 174 Å². The average molecular weight is 1080 g/mol. The highest BCUT2D eigenvalue weighted by Crippen LogP contribution is 2.36. The molecule has 9 rings (SSSR count). The minimum absolute atomic E-state index is 0.0802. The summed E-state index contributed by atoms with van der Waals surface area (Å²) in [5, 5.41) is 17.8. The predicted octanol–water partition coefficient (Wildman–Crippen LogP) is 14.1. The van der Waals surface area contributed by atoms with Crippen LogP contribution in [0.3, 0.4) is 0 Å². The highest BCUT2D eigenvalue weighted by molar-refractivity contribution is 6.34. The SMILES string of the molecule is CC1=CC(=Nc2cc(Cl)c(N)cc2Nc2ccccc2)CC=C1NCCCCCCNC(=O)c1ccc(-c2ccc(C(=O)NCCCCCCNc3cc4c(cc3C)nc3cc(Cl)c(N)cc3[n+]4-c3ccccc3)cc2)cc1. The van der Waals surface area contributed by atoms with Crippen LogP contribution in [0.25, 0.3) is 38.9 Å². The zero-order chi connectivity index (χ0) is 54.4. The quantitative estimate of drug-likeness (QED) is 0.0143. The van der Waals surface area contributed by atoms with Crippen molar-refractivity contribution in [2.45, 2.75) is 71.6 Å². The minimum Gasteiger partial charge on any atom is -0.397 e. The molecule has 1 heterocycles. The fourth-order valence-electron chi connectivity index (χ4n) is 9.63. The van der Waals surface area contributed by atoms with Crippen LogP contribution >= 0.6 is 23.2 Å². The number of hydrogen-bond acceptors (Lipinski definition) is 9. The van der Waals surface area contributed by atoms with Crippen molar-refractivity contribution in [2.24, 2.45) is 4.99 Å². The van der Waals surface area contributed by atoms with E-state index in [-0.39, 0.29) is 11.8 Å². The van der Waals surface area contributed by atoms with Crippen molar-refractivity contribution in [2.75, 3.05) is 48.3 Å². The molecule has 398 valence electrons. The summed E-state index contributed by atoms with van der Waals surface area (Å²) in [4.78, 5) is 35.9. The van der Waals surface area contributed by atoms with E-state index in [1.54, 1.807) is 6.07 Å². The fraction of sp³-hybridized carbons (Fsp3) is 0.234. The number of allylic oxidation sites excluding steroid dienone is 3. The summed E-state index contributed by atoms with van der Waals surface area (Å²) in [5.41, 5.74) is 29.0. The molecule has 14 heteroatoms. The van der Waals surface area contributed by atoms with E-state index in [0.29, 0.717) is 52.1 Å². The van der Waals surface area contributed by atoms with Gasteiger partial charge in [-0.05, 0) is 129 Å². The lowest BCUT2D eigenvalue weighted by atomic mass is 10.0. The van der Waals surface area contributed by atoms with Gasteiger partial charge >= 0.3 is 0 Å². The van der Waals surface area contributed by atoms with Crippen molar-refractivity contribution in [3.8, 4) is 16.8 Å². The molecule has 0 bridgehead atoms. The molecule has 0 unspecified atom stereocenters. The summed E-state index contributed by atoms with van der Waals surface area (Å²) >= 11 is 12.8. The number of carbonyl (C=O) groups is 2. The Bertz CT molecular complexity index is 3510. The summed E-state index contributed by atoms with van der Waals surface area (Å²) in [6.45, 7) is 7.13. The molecular weight excluding hydrogens is 1010 g/mol. The third-order valence-corrected chi connectivity index (χ3v) is 14.6. The molecule has 9 N–H and O–H groups in total. The van der Waals surface area contributed by atoms with E-state index >= 15 is 0 Å². The van der Waals surface area contributed by atoms with Crippen molar-refractivity contribution < 1.29 is 14.2 Å². The number of anilines is 5. The molecule has 2 amide bonds. The second-order valence-corrected chi connectivity index (χ2v) is 20.6. The Hall–Kier alpha value is -8.19. The second-order valence-electron chi connectivity index (χ2n) is 19.8. The summed E-state index contributed by atoms with van der Waals surface area (Å²) in [7, 11) is 0. The third-order valence-electron chi connectivity index (χ3n) is 13.9. The molecule has 7 aromatic carbocycles. The number of nitrogens with two attached hydrogens (primary N) is 2. The van der Waals surface area contributed by atoms with Gasteiger partial charge in [-0.2, -0.15) is 0 Å². The van der Waals surface area contributed by atoms with E-state index in [4.69, 9.17) is 44.6 Å². The smallest absolute Gasteiger partial charge is 0.251 e. The highest BCUT2D eigenvalue weighted by atomic mass is 35.5. The van der Waals surface area contributed by atoms with Crippen molar-refractivity contribution in [1.82, 2.24) is 20.9 Å². The van der Waals surface area contributed by atoms with Crippen LogP contribution in [0.5, 0.6) is 0 Å². The van der Waals surface area contributed by atoms with Gasteiger partial charge in [-0.25, -0.2) is 4.98 Å². The molecule has 0 aliphatic heterocycles. The number of fused-ring (bicyclic) bond motifs is 2. The van der Waals surface area contributed by atoms with Gasteiger partial charge in [0.2, 0.25) is 16.7 Å². The summed E-state index contributed by atoms with van der Waals surface area (Å²) in [5.74, 6) is -0.164. The van der Waals surface area contributed by atoms with Gasteiger partial charge in [0.05, 0.1) is 32.8 Å². The van der Waals surface area contributed by atoms with E-state index in [1.165, 1.54) is 0 Å². The van der Waals surface area contributed by atoms with E-state index in [2.05, 4.69) is 81.4 Å². The Morgan fingerprint density at radius 1 is 0.590 bits per heavy atom. The number of amides is 2. The maximum Gasteiger partial charge on any atom is 0.251 e. The van der Waals surface area contributed by atoms with Gasteiger partial charge in [0.1, 0.15) is 11.0 Å². The molecule has 0 atom stereocenters. The second kappa shape index (κ2) is 26.2. The molecule has 12 nitrogen and oxygen atoms in total. The number of para-hydroxylation sites is 2. The van der Waals surface area contributed by atoms with Crippen molar-refractivity contribution in [3.63, 3.8) is 0 Å². The van der Waals surface area contributed by atoms with Gasteiger partial charge in [-0.15, -0.1) is 4.57 Å². The van der Waals surface area contributed by atoms with E-state index in [0.717, 1.165) is 149 Å². The van der Waals surface area contributed by atoms with Crippen LogP contribution < -0.4 is 42.6 Å². The number of aromatic nitrogens is 2. The number of nitrogens with one attached hydrogen (secondary N) is 5. The van der Waals surface area contributed by atoms with Gasteiger partial charge in [0, 0.05) is 90.8 Å². The standard InChI is InChI=1S/C64H66Cl2N10O2/c1-42-35-49(74-57-37-51(65)53(67)39-58(57)73-48-17-9-7-10-18-48)29-30-55(42)69-31-13-3-5-15-33-71-63(77)46-25-21-44(22-26-46)45-23-27-47(28-24-45)64(78)72-34-16-6-4-14-32-70-56-41-62-59(36-43(56)2)75-60-38-52(66)54(68)40-61(60)76(62)50-19-11-8-12-20-50/h7-12,17-28,30,35-41,69,73H,3-6,13-16,29,31-34,67H2,1-2H3,(H4,68,70,71,72,77,78)/p+1. The summed E-state index contributed by atoms with van der Waals surface area (Å²) < 4.78 is 2.19. The van der Waals surface area contributed by atoms with Crippen LogP contribution in [0, 0.1) is 6.92 Å². The lowest BCUT2D eigenvalue weighted by Gasteiger charge is -2.17. The normalized spacial score (nSPS) is 12.8. The number of nitrogen functional groups attached to an aromatic ring is 2. The zero-order valence-corrected chi connectivity index (χ0v) is 45.8. The molecule has 0 saturated heterocycles. The first-order valence-electron chi connectivity index (χ1n) is 26.9. The summed E-state index contributed by atoms with van der Waals surface area (Å²) in [6, 6.07) is 47.0. The lowest BCUT2D eigenvalue weighted by molar-refractivity contribution is -0.538. The van der Waals surface area contributed by atoms with Crippen LogP contribution in [-0.4, -0.2) is 48.7 Å². The fourth-order valence-corrected chi connectivity index (χ4v) is 9.94. The van der Waals surface area contributed by atoms with Crippen molar-refractivity contribution in [1.29, 1.82) is 0 Å². The van der Waals surface area contributed by atoms with Crippen LogP contribution in [-0.2, 0) is 0 Å². The minimum atomic E-state index is -0.0838. The van der Waals surface area contributed by atoms with Crippen molar-refractivity contribution in [3.05, 3.63) is 196 Å². The van der Waals surface area contributed by atoms with Crippen molar-refractivity contribution >= 4 is 96.9 Å². The maximum atomic E-state index is 13.0. The Kier molecular flexibility index (Phi) is 18.4. The van der Waals surface area contributed by atoms with Crippen LogP contribution in [0.4, 0.5) is 34.1 Å². The largest absolute Gasteiger partial charge is 0.397 e. The van der Waals surface area contributed by atoms with E-state index < -0.39 is 0 Å². The van der Waals surface area contributed by atoms with Gasteiger partial charge < -0.3 is 38.1 Å². The highest BCUT2D eigenvalue weighted by Gasteiger charge is 2.22. The molecule has 8 aromatic rings. The molecular formula is C64H67Cl2N10O2+. The molecule has 0 fully saturated rings. The molecule has 1 aliphatic carbocycles. The number of nitrogens with zero attached hydrogens (tertiary/aromatic N) is 3. The molecule has 78 heavy (non-hydrogen) atoms. The average Bonchev–Trinajstić information content (AvgIpc) is 3.60.